The van der Waals surface area contributed by atoms with E-state index in [0.717, 1.165) is 25.9 Å². The summed E-state index contributed by atoms with van der Waals surface area (Å²) in [7, 11) is 0. The standard InChI is InChI=1S/C18H29N5/c1-18(2)8-3-7-16(22-12-4-9-19)17(15-18)23(13-5-10-20)14-6-11-21/h16-17,22H,3-8,12-15H2,1-2H3. The van der Waals surface area contributed by atoms with E-state index in [4.69, 9.17) is 15.8 Å². The van der Waals surface area contributed by atoms with Crippen molar-refractivity contribution in [1.82, 2.24) is 10.2 Å². The zero-order chi connectivity index (χ0) is 17.1. The van der Waals surface area contributed by atoms with E-state index in [9.17, 15) is 0 Å². The fourth-order valence-electron chi connectivity index (χ4n) is 3.57. The summed E-state index contributed by atoms with van der Waals surface area (Å²) >= 11 is 0. The van der Waals surface area contributed by atoms with Gasteiger partial charge in [0, 0.05) is 51.0 Å². The molecule has 0 aromatic heterocycles. The second-order valence-corrected chi connectivity index (χ2v) is 7.15. The Bertz CT molecular complexity index is 447. The molecule has 1 N–H and O–H groups in total. The zero-order valence-corrected chi connectivity index (χ0v) is 14.5. The van der Waals surface area contributed by atoms with Crippen molar-refractivity contribution in [3.05, 3.63) is 0 Å². The van der Waals surface area contributed by atoms with E-state index in [1.165, 1.54) is 12.8 Å². The highest BCUT2D eigenvalue weighted by molar-refractivity contribution is 4.94. The van der Waals surface area contributed by atoms with Crippen LogP contribution in [0.4, 0.5) is 0 Å². The van der Waals surface area contributed by atoms with Gasteiger partial charge in [0.05, 0.1) is 18.2 Å². The van der Waals surface area contributed by atoms with Gasteiger partial charge in [-0.15, -0.1) is 0 Å². The van der Waals surface area contributed by atoms with Crippen LogP contribution < -0.4 is 5.32 Å². The average molecular weight is 315 g/mol. The van der Waals surface area contributed by atoms with Gasteiger partial charge in [-0.25, -0.2) is 0 Å². The normalized spacial score (nSPS) is 23.5. The van der Waals surface area contributed by atoms with Gasteiger partial charge >= 0.3 is 0 Å². The number of nitriles is 3. The van der Waals surface area contributed by atoms with Crippen molar-refractivity contribution >= 4 is 0 Å². The number of hydrogen-bond acceptors (Lipinski definition) is 5. The van der Waals surface area contributed by atoms with Gasteiger partial charge in [-0.05, 0) is 24.7 Å². The molecule has 1 fully saturated rings. The van der Waals surface area contributed by atoms with Crippen LogP contribution in [0.1, 0.15) is 58.8 Å². The van der Waals surface area contributed by atoms with Crippen molar-refractivity contribution < 1.29 is 0 Å². The maximum atomic E-state index is 8.94. The Morgan fingerprint density at radius 3 is 2.22 bits per heavy atom. The fourth-order valence-corrected chi connectivity index (χ4v) is 3.57. The van der Waals surface area contributed by atoms with Crippen molar-refractivity contribution in [3.63, 3.8) is 0 Å². The van der Waals surface area contributed by atoms with Crippen LogP contribution in [0.5, 0.6) is 0 Å². The summed E-state index contributed by atoms with van der Waals surface area (Å²) in [6, 6.07) is 7.31. The molecule has 0 spiro atoms. The molecule has 2 atom stereocenters. The van der Waals surface area contributed by atoms with E-state index in [2.05, 4.69) is 42.3 Å². The molecule has 1 aliphatic rings. The minimum Gasteiger partial charge on any atom is -0.311 e. The first-order chi connectivity index (χ1) is 11.0. The Labute approximate surface area is 140 Å². The minimum atomic E-state index is 0.272. The first kappa shape index (κ1) is 19.4. The third kappa shape index (κ3) is 7.00. The van der Waals surface area contributed by atoms with E-state index in [1.807, 2.05) is 0 Å². The third-order valence-electron chi connectivity index (χ3n) is 4.73. The lowest BCUT2D eigenvalue weighted by molar-refractivity contribution is 0.123. The van der Waals surface area contributed by atoms with Crippen LogP contribution in [0.25, 0.3) is 0 Å². The Hall–Kier alpha value is -1.61. The van der Waals surface area contributed by atoms with E-state index < -0.39 is 0 Å². The molecule has 1 rings (SSSR count). The second-order valence-electron chi connectivity index (χ2n) is 7.15. The highest BCUT2D eigenvalue weighted by Gasteiger charge is 2.35. The molecule has 5 heteroatoms. The van der Waals surface area contributed by atoms with Crippen LogP contribution >= 0.6 is 0 Å². The SMILES string of the molecule is CC1(C)CCCC(NCCC#N)C(N(CCC#N)CCC#N)C1. The molecule has 0 aromatic rings. The summed E-state index contributed by atoms with van der Waals surface area (Å²) in [6.07, 6.45) is 6.04. The predicted molar refractivity (Wildman–Crippen MR) is 90.1 cm³/mol. The molecule has 0 aromatic carbocycles. The van der Waals surface area contributed by atoms with Crippen LogP contribution in [-0.2, 0) is 0 Å². The molecule has 0 saturated heterocycles. The fraction of sp³-hybridized carbons (Fsp3) is 0.833. The van der Waals surface area contributed by atoms with E-state index in [-0.39, 0.29) is 5.41 Å². The van der Waals surface area contributed by atoms with Crippen molar-refractivity contribution in [2.24, 2.45) is 5.41 Å². The molecule has 5 nitrogen and oxygen atoms in total. The van der Waals surface area contributed by atoms with Gasteiger partial charge in [0.15, 0.2) is 0 Å². The largest absolute Gasteiger partial charge is 0.311 e. The Morgan fingerprint density at radius 1 is 1.04 bits per heavy atom. The molecule has 2 unspecified atom stereocenters. The highest BCUT2D eigenvalue weighted by atomic mass is 15.2. The van der Waals surface area contributed by atoms with E-state index in [0.29, 0.717) is 37.9 Å². The zero-order valence-electron chi connectivity index (χ0n) is 14.5. The number of nitrogens with zero attached hydrogens (tertiary/aromatic N) is 4. The number of nitrogens with one attached hydrogen (secondary N) is 1. The summed E-state index contributed by atoms with van der Waals surface area (Å²) in [5.41, 5.74) is 0.272. The predicted octanol–water partition coefficient (Wildman–Crippen LogP) is 2.96. The van der Waals surface area contributed by atoms with Crippen molar-refractivity contribution in [3.8, 4) is 18.2 Å². The first-order valence-electron chi connectivity index (χ1n) is 8.62. The minimum absolute atomic E-state index is 0.272. The molecule has 0 amide bonds. The van der Waals surface area contributed by atoms with Crippen molar-refractivity contribution in [2.45, 2.75) is 70.9 Å². The molecular weight excluding hydrogens is 286 g/mol. The van der Waals surface area contributed by atoms with Crippen molar-refractivity contribution in [2.75, 3.05) is 19.6 Å². The molecule has 0 radical (unpaired) electrons. The molecule has 1 aliphatic carbocycles. The maximum absolute atomic E-state index is 8.94. The van der Waals surface area contributed by atoms with Gasteiger partial charge in [-0.1, -0.05) is 20.3 Å². The smallest absolute Gasteiger partial charge is 0.0635 e. The summed E-state index contributed by atoms with van der Waals surface area (Å²) in [4.78, 5) is 2.32. The average Bonchev–Trinajstić information content (AvgIpc) is 2.66. The highest BCUT2D eigenvalue weighted by Crippen LogP contribution is 2.36. The second kappa shape index (κ2) is 10.2. The molecule has 23 heavy (non-hydrogen) atoms. The molecule has 0 bridgehead atoms. The van der Waals surface area contributed by atoms with E-state index >= 15 is 0 Å². The number of rotatable bonds is 8. The molecule has 0 aliphatic heterocycles. The maximum Gasteiger partial charge on any atom is 0.0635 e. The van der Waals surface area contributed by atoms with Crippen LogP contribution in [0, 0.1) is 39.4 Å². The monoisotopic (exact) mass is 315 g/mol. The quantitative estimate of drug-likeness (QED) is 0.549. The van der Waals surface area contributed by atoms with Crippen LogP contribution in [-0.4, -0.2) is 36.6 Å². The van der Waals surface area contributed by atoms with Crippen molar-refractivity contribution in [1.29, 1.82) is 15.8 Å². The molecule has 0 heterocycles. The van der Waals surface area contributed by atoms with Crippen LogP contribution in [0.15, 0.2) is 0 Å². The summed E-state index contributed by atoms with van der Waals surface area (Å²) in [5.74, 6) is 0. The van der Waals surface area contributed by atoms with Crippen LogP contribution in [0.3, 0.4) is 0 Å². The summed E-state index contributed by atoms with van der Waals surface area (Å²) in [5, 5.41) is 30.2. The third-order valence-corrected chi connectivity index (χ3v) is 4.73. The number of hydrogen-bond donors (Lipinski definition) is 1. The lowest BCUT2D eigenvalue weighted by atomic mass is 9.82. The molecule has 126 valence electrons. The molecular formula is C18H29N5. The summed E-state index contributed by atoms with van der Waals surface area (Å²) in [6.45, 7) is 6.77. The summed E-state index contributed by atoms with van der Waals surface area (Å²) < 4.78 is 0. The van der Waals surface area contributed by atoms with Gasteiger partial charge < -0.3 is 5.32 Å². The van der Waals surface area contributed by atoms with Gasteiger partial charge in [0.25, 0.3) is 0 Å². The Morgan fingerprint density at radius 2 is 1.65 bits per heavy atom. The lowest BCUT2D eigenvalue weighted by Gasteiger charge is -2.39. The Balaban J connectivity index is 2.88. The first-order valence-corrected chi connectivity index (χ1v) is 8.62. The van der Waals surface area contributed by atoms with Gasteiger partial charge in [-0.2, -0.15) is 15.8 Å². The van der Waals surface area contributed by atoms with Crippen LogP contribution in [0.2, 0.25) is 0 Å². The van der Waals surface area contributed by atoms with Gasteiger partial charge in [-0.3, -0.25) is 4.90 Å². The van der Waals surface area contributed by atoms with Gasteiger partial charge in [0.1, 0.15) is 0 Å². The topological polar surface area (TPSA) is 86.6 Å². The Kier molecular flexibility index (Phi) is 8.64. The lowest BCUT2D eigenvalue weighted by Crippen LogP contribution is -2.51. The van der Waals surface area contributed by atoms with E-state index in [1.54, 1.807) is 0 Å². The molecule has 1 saturated carbocycles. The van der Waals surface area contributed by atoms with Gasteiger partial charge in [0.2, 0.25) is 0 Å².